The fourth-order valence-corrected chi connectivity index (χ4v) is 2.99. The van der Waals surface area contributed by atoms with Gasteiger partial charge in [-0.2, -0.15) is 0 Å². The molecule has 0 radical (unpaired) electrons. The summed E-state index contributed by atoms with van der Waals surface area (Å²) in [4.78, 5) is 13.8. The second kappa shape index (κ2) is 8.15. The minimum Gasteiger partial charge on any atom is -0.352 e. The minimum atomic E-state index is -0.0601. The van der Waals surface area contributed by atoms with Crippen LogP contribution in [-0.2, 0) is 4.79 Å². The van der Waals surface area contributed by atoms with Crippen molar-refractivity contribution in [3.8, 4) is 0 Å². The summed E-state index contributed by atoms with van der Waals surface area (Å²) in [6.45, 7) is 0.640. The Bertz CT molecular complexity index is 564. The molecule has 0 aliphatic rings. The monoisotopic (exact) mass is 323 g/mol. The Kier molecular flexibility index (Phi) is 6.18. The predicted molar refractivity (Wildman–Crippen MR) is 88.5 cm³/mol. The van der Waals surface area contributed by atoms with Gasteiger partial charge in [0.05, 0.1) is 0 Å². The first-order chi connectivity index (χ1) is 9.74. The molecule has 104 valence electrons. The van der Waals surface area contributed by atoms with E-state index in [4.69, 9.17) is 11.6 Å². The van der Waals surface area contributed by atoms with Crippen LogP contribution in [0.1, 0.15) is 4.88 Å². The van der Waals surface area contributed by atoms with Gasteiger partial charge in [0, 0.05) is 33.2 Å². The number of carbonyl (C=O) groups is 1. The molecule has 0 unspecified atom stereocenters. The molecule has 0 fully saturated rings. The zero-order chi connectivity index (χ0) is 14.2. The molecule has 0 atom stereocenters. The van der Waals surface area contributed by atoms with Crippen molar-refractivity contribution in [3.05, 3.63) is 57.8 Å². The van der Waals surface area contributed by atoms with Crippen LogP contribution in [0.3, 0.4) is 0 Å². The molecule has 20 heavy (non-hydrogen) atoms. The van der Waals surface area contributed by atoms with Gasteiger partial charge < -0.3 is 5.32 Å². The van der Waals surface area contributed by atoms with Gasteiger partial charge >= 0.3 is 0 Å². The first kappa shape index (κ1) is 15.2. The summed E-state index contributed by atoms with van der Waals surface area (Å²) in [6.07, 6.45) is 3.39. The summed E-state index contributed by atoms with van der Waals surface area (Å²) in [5, 5.41) is 5.58. The van der Waals surface area contributed by atoms with Gasteiger partial charge in [-0.15, -0.1) is 23.1 Å². The summed E-state index contributed by atoms with van der Waals surface area (Å²) in [6, 6.07) is 11.6. The molecule has 1 aromatic carbocycles. The lowest BCUT2D eigenvalue weighted by Crippen LogP contribution is -2.23. The van der Waals surface area contributed by atoms with Crippen molar-refractivity contribution in [1.82, 2.24) is 5.32 Å². The maximum absolute atomic E-state index is 11.6. The van der Waals surface area contributed by atoms with Crippen LogP contribution < -0.4 is 5.32 Å². The summed E-state index contributed by atoms with van der Waals surface area (Å²) in [5.41, 5.74) is 0. The lowest BCUT2D eigenvalue weighted by molar-refractivity contribution is -0.116. The molecule has 0 aliphatic carbocycles. The zero-order valence-electron chi connectivity index (χ0n) is 10.7. The van der Waals surface area contributed by atoms with Crippen molar-refractivity contribution >= 4 is 46.7 Å². The van der Waals surface area contributed by atoms with Gasteiger partial charge in [-0.05, 0) is 41.8 Å². The third kappa shape index (κ3) is 5.41. The standard InChI is InChI=1S/C15H14ClNOS2/c16-12-3-5-14(6-4-12)20-11-9-17-15(18)8-7-13-2-1-10-19-13/h1-8,10H,9,11H2,(H,17,18)/b8-7+. The third-order valence-corrected chi connectivity index (χ3v) is 4.53. The maximum atomic E-state index is 11.6. The molecule has 0 spiro atoms. The first-order valence-corrected chi connectivity index (χ1v) is 8.36. The number of nitrogens with one attached hydrogen (secondary N) is 1. The Labute approximate surface area is 131 Å². The Morgan fingerprint density at radius 2 is 2.10 bits per heavy atom. The summed E-state index contributed by atoms with van der Waals surface area (Å²) < 4.78 is 0. The van der Waals surface area contributed by atoms with Gasteiger partial charge in [-0.3, -0.25) is 4.79 Å². The lowest BCUT2D eigenvalue weighted by atomic mass is 10.4. The fourth-order valence-electron chi connectivity index (χ4n) is 1.48. The average Bonchev–Trinajstić information content (AvgIpc) is 2.96. The van der Waals surface area contributed by atoms with Crippen LogP contribution in [0.2, 0.25) is 5.02 Å². The van der Waals surface area contributed by atoms with Crippen molar-refractivity contribution < 1.29 is 4.79 Å². The van der Waals surface area contributed by atoms with E-state index in [-0.39, 0.29) is 5.91 Å². The molecule has 2 rings (SSSR count). The van der Waals surface area contributed by atoms with Crippen LogP contribution in [0.5, 0.6) is 0 Å². The number of thioether (sulfide) groups is 1. The smallest absolute Gasteiger partial charge is 0.244 e. The van der Waals surface area contributed by atoms with Gasteiger partial charge in [-0.25, -0.2) is 0 Å². The molecule has 0 aliphatic heterocycles. The van der Waals surface area contributed by atoms with Crippen LogP contribution in [-0.4, -0.2) is 18.2 Å². The van der Waals surface area contributed by atoms with Crippen molar-refractivity contribution in [3.63, 3.8) is 0 Å². The number of thiophene rings is 1. The highest BCUT2D eigenvalue weighted by Gasteiger charge is 1.97. The van der Waals surface area contributed by atoms with Crippen molar-refractivity contribution in [2.24, 2.45) is 0 Å². The molecule has 1 heterocycles. The number of benzene rings is 1. The highest BCUT2D eigenvalue weighted by atomic mass is 35.5. The normalized spacial score (nSPS) is 10.8. The van der Waals surface area contributed by atoms with Gasteiger partial charge in [0.25, 0.3) is 0 Å². The van der Waals surface area contributed by atoms with E-state index in [1.807, 2.05) is 47.9 Å². The van der Waals surface area contributed by atoms with Gasteiger partial charge in [0.1, 0.15) is 0 Å². The second-order valence-corrected chi connectivity index (χ2v) is 6.53. The van der Waals surface area contributed by atoms with Gasteiger partial charge in [-0.1, -0.05) is 17.7 Å². The second-order valence-electron chi connectivity index (χ2n) is 3.94. The van der Waals surface area contributed by atoms with Crippen LogP contribution >= 0.6 is 34.7 Å². The van der Waals surface area contributed by atoms with E-state index >= 15 is 0 Å². The highest BCUT2D eigenvalue weighted by molar-refractivity contribution is 7.99. The number of halogens is 1. The summed E-state index contributed by atoms with van der Waals surface area (Å²) in [7, 11) is 0. The molecule has 0 saturated carbocycles. The van der Waals surface area contributed by atoms with Crippen LogP contribution in [0.15, 0.2) is 52.7 Å². The van der Waals surface area contributed by atoms with E-state index in [0.717, 1.165) is 20.5 Å². The molecule has 1 aromatic heterocycles. The van der Waals surface area contributed by atoms with E-state index in [9.17, 15) is 4.79 Å². The molecule has 1 amide bonds. The molecular weight excluding hydrogens is 310 g/mol. The Balaban J connectivity index is 1.65. The van der Waals surface area contributed by atoms with Crippen LogP contribution in [0, 0.1) is 0 Å². The van der Waals surface area contributed by atoms with E-state index in [1.54, 1.807) is 29.2 Å². The zero-order valence-corrected chi connectivity index (χ0v) is 13.1. The van der Waals surface area contributed by atoms with Crippen LogP contribution in [0.25, 0.3) is 6.08 Å². The molecule has 0 saturated heterocycles. The molecule has 1 N–H and O–H groups in total. The average molecular weight is 324 g/mol. The van der Waals surface area contributed by atoms with Crippen molar-refractivity contribution in [2.45, 2.75) is 4.90 Å². The number of hydrogen-bond acceptors (Lipinski definition) is 3. The number of carbonyl (C=O) groups excluding carboxylic acids is 1. The molecule has 2 aromatic rings. The van der Waals surface area contributed by atoms with E-state index < -0.39 is 0 Å². The quantitative estimate of drug-likeness (QED) is 0.487. The fraction of sp³-hybridized carbons (Fsp3) is 0.133. The van der Waals surface area contributed by atoms with Gasteiger partial charge in [0.2, 0.25) is 5.91 Å². The van der Waals surface area contributed by atoms with E-state index in [2.05, 4.69) is 5.32 Å². The summed E-state index contributed by atoms with van der Waals surface area (Å²) in [5.74, 6) is 0.773. The van der Waals surface area contributed by atoms with Crippen molar-refractivity contribution in [2.75, 3.05) is 12.3 Å². The Morgan fingerprint density at radius 1 is 1.30 bits per heavy atom. The first-order valence-electron chi connectivity index (χ1n) is 6.12. The van der Waals surface area contributed by atoms with E-state index in [1.165, 1.54) is 0 Å². The number of hydrogen-bond donors (Lipinski definition) is 1. The van der Waals surface area contributed by atoms with Crippen molar-refractivity contribution in [1.29, 1.82) is 0 Å². The van der Waals surface area contributed by atoms with Crippen LogP contribution in [0.4, 0.5) is 0 Å². The lowest BCUT2D eigenvalue weighted by Gasteiger charge is -2.02. The molecule has 0 bridgehead atoms. The van der Waals surface area contributed by atoms with Gasteiger partial charge in [0.15, 0.2) is 0 Å². The molecular formula is C15H14ClNOS2. The topological polar surface area (TPSA) is 29.1 Å². The Morgan fingerprint density at radius 3 is 2.80 bits per heavy atom. The highest BCUT2D eigenvalue weighted by Crippen LogP contribution is 2.19. The minimum absolute atomic E-state index is 0.0601. The largest absolute Gasteiger partial charge is 0.352 e. The number of rotatable bonds is 6. The molecule has 5 heteroatoms. The molecule has 2 nitrogen and oxygen atoms in total. The Hall–Kier alpha value is -1.23. The SMILES string of the molecule is O=C(/C=C/c1cccs1)NCCSc1ccc(Cl)cc1. The maximum Gasteiger partial charge on any atom is 0.244 e. The van der Waals surface area contributed by atoms with E-state index in [0.29, 0.717) is 6.54 Å². The summed E-state index contributed by atoms with van der Waals surface area (Å²) >= 11 is 9.12. The predicted octanol–water partition coefficient (Wildman–Crippen LogP) is 4.32. The third-order valence-electron chi connectivity index (χ3n) is 2.43. The number of amides is 1.